The van der Waals surface area contributed by atoms with Crippen LogP contribution in [0.5, 0.6) is 5.75 Å². The maximum Gasteiger partial charge on any atom is 0.573 e. The number of hydrogen-bond donors (Lipinski definition) is 1. The quantitative estimate of drug-likeness (QED) is 0.885. The number of hydrogen-bond acceptors (Lipinski definition) is 4. The number of carbonyl (C=O) groups excluding carboxylic acids is 1. The number of benzene rings is 1. The first-order valence-corrected chi connectivity index (χ1v) is 5.98. The molecule has 0 radical (unpaired) electrons. The minimum Gasteiger partial charge on any atom is -0.465 e. The second kappa shape index (κ2) is 5.92. The summed E-state index contributed by atoms with van der Waals surface area (Å²) >= 11 is 0. The molecule has 0 aliphatic rings. The lowest BCUT2D eigenvalue weighted by molar-refractivity contribution is -0.274. The minimum absolute atomic E-state index is 0.00326. The van der Waals surface area contributed by atoms with Crippen LogP contribution in [0.1, 0.15) is 10.4 Å². The molecule has 1 aromatic carbocycles. The molecule has 0 aliphatic carbocycles. The number of ether oxygens (including phenoxy) is 2. The van der Waals surface area contributed by atoms with Crippen molar-refractivity contribution in [3.63, 3.8) is 0 Å². The Morgan fingerprint density at radius 1 is 1.18 bits per heavy atom. The highest BCUT2D eigenvalue weighted by atomic mass is 19.4. The van der Waals surface area contributed by atoms with Crippen molar-refractivity contribution in [3.05, 3.63) is 52.4 Å². The molecule has 0 saturated heterocycles. The Morgan fingerprint density at radius 3 is 2.50 bits per heavy atom. The van der Waals surface area contributed by atoms with Crippen molar-refractivity contribution >= 4 is 5.97 Å². The Labute approximate surface area is 122 Å². The molecule has 0 aliphatic heterocycles. The Bertz CT molecular complexity index is 752. The van der Waals surface area contributed by atoms with Crippen LogP contribution in [0.25, 0.3) is 11.1 Å². The van der Waals surface area contributed by atoms with Crippen LogP contribution in [0.4, 0.5) is 13.2 Å². The van der Waals surface area contributed by atoms with Gasteiger partial charge in [-0.3, -0.25) is 4.79 Å². The second-order valence-electron chi connectivity index (χ2n) is 4.16. The maximum absolute atomic E-state index is 12.5. The molecule has 0 spiro atoms. The molecule has 2 aromatic rings. The molecule has 0 fully saturated rings. The van der Waals surface area contributed by atoms with Gasteiger partial charge in [0.1, 0.15) is 5.75 Å². The molecule has 22 heavy (non-hydrogen) atoms. The molecule has 0 bridgehead atoms. The van der Waals surface area contributed by atoms with Crippen molar-refractivity contribution < 1.29 is 27.4 Å². The Hall–Kier alpha value is -2.77. The van der Waals surface area contributed by atoms with E-state index in [0.29, 0.717) is 0 Å². The third-order valence-electron chi connectivity index (χ3n) is 2.73. The van der Waals surface area contributed by atoms with E-state index in [1.54, 1.807) is 0 Å². The highest BCUT2D eigenvalue weighted by molar-refractivity contribution is 5.97. The summed E-state index contributed by atoms with van der Waals surface area (Å²) in [5.41, 5.74) is -0.689. The van der Waals surface area contributed by atoms with E-state index >= 15 is 0 Å². The van der Waals surface area contributed by atoms with Gasteiger partial charge in [-0.15, -0.1) is 13.2 Å². The SMILES string of the molecule is COC(=O)c1cc(=O)[nH]cc1-c1ccccc1OC(F)(F)F. The van der Waals surface area contributed by atoms with E-state index in [2.05, 4.69) is 14.5 Å². The fourth-order valence-electron chi connectivity index (χ4n) is 1.88. The number of para-hydroxylation sites is 1. The number of halogens is 3. The lowest BCUT2D eigenvalue weighted by Gasteiger charge is -2.14. The normalized spacial score (nSPS) is 11.1. The number of aromatic nitrogens is 1. The van der Waals surface area contributed by atoms with Gasteiger partial charge in [0.15, 0.2) is 0 Å². The van der Waals surface area contributed by atoms with Crippen molar-refractivity contribution in [1.82, 2.24) is 4.98 Å². The summed E-state index contributed by atoms with van der Waals surface area (Å²) in [7, 11) is 1.10. The maximum atomic E-state index is 12.5. The molecule has 1 aromatic heterocycles. The van der Waals surface area contributed by atoms with Crippen LogP contribution < -0.4 is 10.3 Å². The monoisotopic (exact) mass is 313 g/mol. The van der Waals surface area contributed by atoms with Gasteiger partial charge in [-0.25, -0.2) is 4.79 Å². The highest BCUT2D eigenvalue weighted by Crippen LogP contribution is 2.34. The molecule has 0 amide bonds. The fourth-order valence-corrected chi connectivity index (χ4v) is 1.88. The zero-order valence-corrected chi connectivity index (χ0v) is 11.2. The van der Waals surface area contributed by atoms with Crippen LogP contribution in [-0.2, 0) is 4.74 Å². The third-order valence-corrected chi connectivity index (χ3v) is 2.73. The highest BCUT2D eigenvalue weighted by Gasteiger charge is 2.32. The van der Waals surface area contributed by atoms with Gasteiger partial charge in [0.25, 0.3) is 0 Å². The molecular weight excluding hydrogens is 303 g/mol. The molecule has 0 saturated carbocycles. The standard InChI is InChI=1S/C14H10F3NO4/c1-21-13(20)9-6-12(19)18-7-10(9)8-4-2-3-5-11(8)22-14(15,16)17/h2-7H,1H3,(H,18,19). The summed E-state index contributed by atoms with van der Waals surface area (Å²) in [5, 5.41) is 0. The molecule has 0 atom stereocenters. The molecule has 2 rings (SSSR count). The van der Waals surface area contributed by atoms with E-state index in [0.717, 1.165) is 25.4 Å². The Balaban J connectivity index is 2.62. The van der Waals surface area contributed by atoms with E-state index < -0.39 is 23.6 Å². The number of nitrogens with one attached hydrogen (secondary N) is 1. The van der Waals surface area contributed by atoms with Crippen molar-refractivity contribution in [1.29, 1.82) is 0 Å². The smallest absolute Gasteiger partial charge is 0.465 e. The van der Waals surface area contributed by atoms with Crippen LogP contribution in [0.3, 0.4) is 0 Å². The van der Waals surface area contributed by atoms with Crippen molar-refractivity contribution in [2.45, 2.75) is 6.36 Å². The Morgan fingerprint density at radius 2 is 1.86 bits per heavy atom. The number of pyridine rings is 1. The molecule has 1 heterocycles. The van der Waals surface area contributed by atoms with Crippen molar-refractivity contribution in [3.8, 4) is 16.9 Å². The van der Waals surface area contributed by atoms with Gasteiger partial charge in [0.05, 0.1) is 12.7 Å². The van der Waals surface area contributed by atoms with Gasteiger partial charge in [0, 0.05) is 23.4 Å². The number of esters is 1. The van der Waals surface area contributed by atoms with E-state index in [9.17, 15) is 22.8 Å². The molecule has 0 unspecified atom stereocenters. The first-order valence-electron chi connectivity index (χ1n) is 5.98. The van der Waals surface area contributed by atoms with E-state index in [-0.39, 0.29) is 16.7 Å². The lowest BCUT2D eigenvalue weighted by Crippen LogP contribution is -2.18. The van der Waals surface area contributed by atoms with Crippen LogP contribution in [-0.4, -0.2) is 24.4 Å². The molecule has 116 valence electrons. The van der Waals surface area contributed by atoms with Crippen LogP contribution in [0, 0.1) is 0 Å². The summed E-state index contributed by atoms with van der Waals surface area (Å²) in [6.07, 6.45) is -3.75. The number of alkyl halides is 3. The number of aromatic amines is 1. The van der Waals surface area contributed by atoms with Gasteiger partial charge < -0.3 is 14.5 Å². The first kappa shape index (κ1) is 15.6. The van der Waals surface area contributed by atoms with Crippen LogP contribution >= 0.6 is 0 Å². The largest absolute Gasteiger partial charge is 0.573 e. The molecule has 5 nitrogen and oxygen atoms in total. The summed E-state index contributed by atoms with van der Waals surface area (Å²) < 4.78 is 45.8. The van der Waals surface area contributed by atoms with E-state index in [4.69, 9.17) is 0 Å². The zero-order valence-electron chi connectivity index (χ0n) is 11.2. The fraction of sp³-hybridized carbons (Fsp3) is 0.143. The summed E-state index contributed by atoms with van der Waals surface area (Å²) in [6.45, 7) is 0. The van der Waals surface area contributed by atoms with Crippen LogP contribution in [0.2, 0.25) is 0 Å². The zero-order chi connectivity index (χ0) is 16.3. The van der Waals surface area contributed by atoms with Crippen LogP contribution in [0.15, 0.2) is 41.3 Å². The Kier molecular flexibility index (Phi) is 4.20. The topological polar surface area (TPSA) is 68.4 Å². The summed E-state index contributed by atoms with van der Waals surface area (Å²) in [5.74, 6) is -1.34. The predicted molar refractivity (Wildman–Crippen MR) is 70.5 cm³/mol. The van der Waals surface area contributed by atoms with Gasteiger partial charge in [-0.1, -0.05) is 18.2 Å². The number of methoxy groups -OCH3 is 1. The van der Waals surface area contributed by atoms with Gasteiger partial charge in [-0.05, 0) is 6.07 Å². The number of H-pyrrole nitrogens is 1. The minimum atomic E-state index is -4.89. The number of rotatable bonds is 3. The first-order chi connectivity index (χ1) is 10.3. The third kappa shape index (κ3) is 3.46. The second-order valence-corrected chi connectivity index (χ2v) is 4.16. The van der Waals surface area contributed by atoms with E-state index in [1.807, 2.05) is 0 Å². The van der Waals surface area contributed by atoms with Gasteiger partial charge >= 0.3 is 12.3 Å². The molecule has 1 N–H and O–H groups in total. The predicted octanol–water partition coefficient (Wildman–Crippen LogP) is 2.73. The number of carbonyl (C=O) groups is 1. The van der Waals surface area contributed by atoms with Crippen molar-refractivity contribution in [2.24, 2.45) is 0 Å². The van der Waals surface area contributed by atoms with Gasteiger partial charge in [0.2, 0.25) is 5.56 Å². The summed E-state index contributed by atoms with van der Waals surface area (Å²) in [4.78, 5) is 25.4. The molecule has 8 heteroatoms. The summed E-state index contributed by atoms with van der Waals surface area (Å²) in [6, 6.07) is 6.22. The average Bonchev–Trinajstić information content (AvgIpc) is 2.45. The van der Waals surface area contributed by atoms with Crippen molar-refractivity contribution in [2.75, 3.05) is 7.11 Å². The van der Waals surface area contributed by atoms with E-state index in [1.165, 1.54) is 18.2 Å². The van der Waals surface area contributed by atoms with Gasteiger partial charge in [-0.2, -0.15) is 0 Å². The molecular formula is C14H10F3NO4. The average molecular weight is 313 g/mol. The lowest BCUT2D eigenvalue weighted by atomic mass is 10.0.